The molecule has 0 bridgehead atoms. The van der Waals surface area contributed by atoms with Gasteiger partial charge in [-0.05, 0) is 45.8 Å². The first kappa shape index (κ1) is 11.4. The number of aromatic nitrogens is 2. The Kier molecular flexibility index (Phi) is 2.88. The number of rotatable bonds is 2. The van der Waals surface area contributed by atoms with E-state index in [0.29, 0.717) is 6.42 Å². The number of pyridine rings is 1. The predicted molar refractivity (Wildman–Crippen MR) is 72.1 cm³/mol. The average molecular weight is 305 g/mol. The summed E-state index contributed by atoms with van der Waals surface area (Å²) in [5.41, 5.74) is 2.87. The van der Waals surface area contributed by atoms with Gasteiger partial charge in [0.25, 0.3) is 0 Å². The van der Waals surface area contributed by atoms with E-state index in [0.717, 1.165) is 21.4 Å². The SMILES string of the molecule is Fc1cccc(Cc2cnc3ccc(Br)cn23)c1. The van der Waals surface area contributed by atoms with Crippen molar-refractivity contribution < 1.29 is 4.39 Å². The number of nitrogens with zero attached hydrogens (tertiary/aromatic N) is 2. The minimum Gasteiger partial charge on any atom is -0.303 e. The van der Waals surface area contributed by atoms with Crippen LogP contribution < -0.4 is 0 Å². The molecule has 18 heavy (non-hydrogen) atoms. The molecule has 0 unspecified atom stereocenters. The number of benzene rings is 1. The van der Waals surface area contributed by atoms with Crippen LogP contribution in [-0.4, -0.2) is 9.38 Å². The average Bonchev–Trinajstić information content (AvgIpc) is 2.72. The fourth-order valence-corrected chi connectivity index (χ4v) is 2.33. The fourth-order valence-electron chi connectivity index (χ4n) is 1.99. The molecular formula is C14H10BrFN2. The highest BCUT2D eigenvalue weighted by Gasteiger charge is 2.05. The standard InChI is InChI=1S/C14H10BrFN2/c15-11-4-5-14-17-8-13(18(14)9-11)7-10-2-1-3-12(16)6-10/h1-6,8-9H,7H2. The van der Waals surface area contributed by atoms with Gasteiger partial charge >= 0.3 is 0 Å². The lowest BCUT2D eigenvalue weighted by Gasteiger charge is -2.03. The summed E-state index contributed by atoms with van der Waals surface area (Å²) in [4.78, 5) is 4.33. The van der Waals surface area contributed by atoms with Crippen LogP contribution in [0.15, 0.2) is 53.3 Å². The smallest absolute Gasteiger partial charge is 0.136 e. The maximum absolute atomic E-state index is 13.1. The van der Waals surface area contributed by atoms with Crippen molar-refractivity contribution in [3.63, 3.8) is 0 Å². The first-order valence-corrected chi connectivity index (χ1v) is 6.37. The van der Waals surface area contributed by atoms with Gasteiger partial charge in [0.05, 0.1) is 0 Å². The van der Waals surface area contributed by atoms with Crippen molar-refractivity contribution >= 4 is 21.6 Å². The van der Waals surface area contributed by atoms with Gasteiger partial charge in [-0.15, -0.1) is 0 Å². The Bertz CT molecular complexity index is 706. The molecule has 0 fully saturated rings. The van der Waals surface area contributed by atoms with Crippen LogP contribution in [0.1, 0.15) is 11.3 Å². The molecule has 0 aliphatic heterocycles. The number of hydrogen-bond acceptors (Lipinski definition) is 1. The molecule has 0 saturated carbocycles. The largest absolute Gasteiger partial charge is 0.303 e. The molecular weight excluding hydrogens is 295 g/mol. The Balaban J connectivity index is 2.02. The number of hydrogen-bond donors (Lipinski definition) is 0. The molecule has 0 amide bonds. The molecule has 0 saturated heterocycles. The Hall–Kier alpha value is -1.68. The van der Waals surface area contributed by atoms with Crippen LogP contribution in [0.2, 0.25) is 0 Å². The monoisotopic (exact) mass is 304 g/mol. The first-order chi connectivity index (χ1) is 8.72. The summed E-state index contributed by atoms with van der Waals surface area (Å²) < 4.78 is 16.1. The number of halogens is 2. The lowest BCUT2D eigenvalue weighted by atomic mass is 10.1. The highest BCUT2D eigenvalue weighted by atomic mass is 79.9. The highest BCUT2D eigenvalue weighted by molar-refractivity contribution is 9.10. The molecule has 0 spiro atoms. The van der Waals surface area contributed by atoms with Crippen LogP contribution in [0.4, 0.5) is 4.39 Å². The molecule has 90 valence electrons. The summed E-state index contributed by atoms with van der Waals surface area (Å²) in [6, 6.07) is 10.5. The van der Waals surface area contributed by atoms with Crippen molar-refractivity contribution in [1.29, 1.82) is 0 Å². The lowest BCUT2D eigenvalue weighted by Crippen LogP contribution is -1.94. The van der Waals surface area contributed by atoms with Crippen LogP contribution in [0, 0.1) is 5.82 Å². The Morgan fingerprint density at radius 2 is 2.11 bits per heavy atom. The van der Waals surface area contributed by atoms with Gasteiger partial charge in [-0.25, -0.2) is 9.37 Å². The molecule has 4 heteroatoms. The normalized spacial score (nSPS) is 11.0. The molecule has 0 atom stereocenters. The van der Waals surface area contributed by atoms with Gasteiger partial charge in [-0.2, -0.15) is 0 Å². The van der Waals surface area contributed by atoms with Gasteiger partial charge in [-0.1, -0.05) is 12.1 Å². The van der Waals surface area contributed by atoms with E-state index in [9.17, 15) is 4.39 Å². The molecule has 3 rings (SSSR count). The molecule has 2 heterocycles. The van der Waals surface area contributed by atoms with E-state index >= 15 is 0 Å². The van der Waals surface area contributed by atoms with E-state index in [-0.39, 0.29) is 5.82 Å². The summed E-state index contributed by atoms with van der Waals surface area (Å²) >= 11 is 3.44. The summed E-state index contributed by atoms with van der Waals surface area (Å²) in [5, 5.41) is 0. The van der Waals surface area contributed by atoms with E-state index in [1.807, 2.05) is 35.0 Å². The van der Waals surface area contributed by atoms with Crippen molar-refractivity contribution in [1.82, 2.24) is 9.38 Å². The van der Waals surface area contributed by atoms with Gasteiger partial charge < -0.3 is 4.40 Å². The van der Waals surface area contributed by atoms with Crippen LogP contribution in [0.5, 0.6) is 0 Å². The Morgan fingerprint density at radius 1 is 1.22 bits per heavy atom. The van der Waals surface area contributed by atoms with Crippen molar-refractivity contribution in [2.24, 2.45) is 0 Å². The van der Waals surface area contributed by atoms with Gasteiger partial charge in [-0.3, -0.25) is 0 Å². The van der Waals surface area contributed by atoms with Crippen molar-refractivity contribution in [2.75, 3.05) is 0 Å². The minimum atomic E-state index is -0.206. The van der Waals surface area contributed by atoms with Gasteiger partial charge in [0, 0.05) is 29.0 Å². The maximum Gasteiger partial charge on any atom is 0.136 e. The number of imidazole rings is 1. The molecule has 0 aliphatic rings. The van der Waals surface area contributed by atoms with Gasteiger partial charge in [0.15, 0.2) is 0 Å². The highest BCUT2D eigenvalue weighted by Crippen LogP contribution is 2.16. The van der Waals surface area contributed by atoms with Crippen LogP contribution >= 0.6 is 15.9 Å². The van der Waals surface area contributed by atoms with Crippen LogP contribution in [-0.2, 0) is 6.42 Å². The van der Waals surface area contributed by atoms with Gasteiger partial charge in [0.2, 0.25) is 0 Å². The summed E-state index contributed by atoms with van der Waals surface area (Å²) in [6.45, 7) is 0. The zero-order valence-corrected chi connectivity index (χ0v) is 11.1. The molecule has 0 N–H and O–H groups in total. The summed E-state index contributed by atoms with van der Waals surface area (Å²) in [5.74, 6) is -0.206. The van der Waals surface area contributed by atoms with E-state index in [1.54, 1.807) is 12.1 Å². The quantitative estimate of drug-likeness (QED) is 0.703. The van der Waals surface area contributed by atoms with Crippen molar-refractivity contribution in [3.8, 4) is 0 Å². The third-order valence-electron chi connectivity index (χ3n) is 2.82. The van der Waals surface area contributed by atoms with Crippen molar-refractivity contribution in [3.05, 3.63) is 70.3 Å². The van der Waals surface area contributed by atoms with Crippen LogP contribution in [0.25, 0.3) is 5.65 Å². The molecule has 2 nitrogen and oxygen atoms in total. The van der Waals surface area contributed by atoms with Crippen LogP contribution in [0.3, 0.4) is 0 Å². The third kappa shape index (κ3) is 2.16. The topological polar surface area (TPSA) is 17.3 Å². The van der Waals surface area contributed by atoms with E-state index in [2.05, 4.69) is 20.9 Å². The number of fused-ring (bicyclic) bond motifs is 1. The zero-order valence-electron chi connectivity index (χ0n) is 9.48. The second kappa shape index (κ2) is 4.53. The minimum absolute atomic E-state index is 0.206. The maximum atomic E-state index is 13.1. The first-order valence-electron chi connectivity index (χ1n) is 5.58. The Labute approximate surface area is 112 Å². The van der Waals surface area contributed by atoms with Crippen molar-refractivity contribution in [2.45, 2.75) is 6.42 Å². The summed E-state index contributed by atoms with van der Waals surface area (Å²) in [6.07, 6.45) is 4.46. The Morgan fingerprint density at radius 3 is 2.94 bits per heavy atom. The zero-order chi connectivity index (χ0) is 12.5. The van der Waals surface area contributed by atoms with E-state index < -0.39 is 0 Å². The van der Waals surface area contributed by atoms with E-state index in [1.165, 1.54) is 6.07 Å². The predicted octanol–water partition coefficient (Wildman–Crippen LogP) is 3.83. The molecule has 1 aromatic carbocycles. The van der Waals surface area contributed by atoms with E-state index in [4.69, 9.17) is 0 Å². The summed E-state index contributed by atoms with van der Waals surface area (Å²) in [7, 11) is 0. The fraction of sp³-hybridized carbons (Fsp3) is 0.0714. The molecule has 0 radical (unpaired) electrons. The lowest BCUT2D eigenvalue weighted by molar-refractivity contribution is 0.626. The second-order valence-electron chi connectivity index (χ2n) is 4.13. The third-order valence-corrected chi connectivity index (χ3v) is 3.29. The molecule has 2 aromatic heterocycles. The van der Waals surface area contributed by atoms with Gasteiger partial charge in [0.1, 0.15) is 11.5 Å². The molecule has 3 aromatic rings. The second-order valence-corrected chi connectivity index (χ2v) is 5.05. The molecule has 0 aliphatic carbocycles.